The lowest BCUT2D eigenvalue weighted by molar-refractivity contribution is 0.0643. The van der Waals surface area contributed by atoms with Crippen molar-refractivity contribution < 1.29 is 13.2 Å². The number of anilines is 1. The summed E-state index contributed by atoms with van der Waals surface area (Å²) in [4.78, 5) is 16.9. The van der Waals surface area contributed by atoms with Crippen LogP contribution < -0.4 is 4.72 Å². The van der Waals surface area contributed by atoms with Gasteiger partial charge in [-0.2, -0.15) is 0 Å². The molecule has 1 N–H and O–H groups in total. The molecule has 3 rings (SSSR count). The first-order chi connectivity index (χ1) is 12.9. The van der Waals surface area contributed by atoms with E-state index < -0.39 is 10.0 Å². The highest BCUT2D eigenvalue weighted by atomic mass is 32.2. The normalized spacial score (nSPS) is 15.6. The average molecular weight is 388 g/mol. The molecule has 1 amide bonds. The predicted octanol–water partition coefficient (Wildman–Crippen LogP) is 2.57. The molecule has 1 aliphatic heterocycles. The Morgan fingerprint density at radius 2 is 1.74 bits per heavy atom. The maximum Gasteiger partial charge on any atom is 0.261 e. The monoisotopic (exact) mass is 387 g/mol. The van der Waals surface area contributed by atoms with Crippen molar-refractivity contribution in [3.05, 3.63) is 59.7 Å². The lowest BCUT2D eigenvalue weighted by Crippen LogP contribution is -2.48. The molecule has 0 spiro atoms. The number of piperazine rings is 1. The van der Waals surface area contributed by atoms with E-state index in [2.05, 4.69) is 16.5 Å². The second-order valence-corrected chi connectivity index (χ2v) is 8.36. The zero-order valence-electron chi connectivity index (χ0n) is 15.7. The van der Waals surface area contributed by atoms with Gasteiger partial charge in [0.2, 0.25) is 0 Å². The highest BCUT2D eigenvalue weighted by Crippen LogP contribution is 2.20. The van der Waals surface area contributed by atoms with Crippen molar-refractivity contribution in [3.8, 4) is 0 Å². The van der Waals surface area contributed by atoms with Gasteiger partial charge in [-0.15, -0.1) is 0 Å². The van der Waals surface area contributed by atoms with E-state index in [1.54, 1.807) is 29.2 Å². The minimum Gasteiger partial charge on any atom is -0.336 e. The first-order valence-corrected chi connectivity index (χ1v) is 10.6. The van der Waals surface area contributed by atoms with E-state index in [0.29, 0.717) is 24.3 Å². The van der Waals surface area contributed by atoms with Gasteiger partial charge in [-0.3, -0.25) is 9.52 Å². The van der Waals surface area contributed by atoms with E-state index >= 15 is 0 Å². The van der Waals surface area contributed by atoms with Crippen LogP contribution in [0.3, 0.4) is 0 Å². The lowest BCUT2D eigenvalue weighted by atomic mass is 10.2. The van der Waals surface area contributed by atoms with Crippen LogP contribution in [0.25, 0.3) is 0 Å². The van der Waals surface area contributed by atoms with Gasteiger partial charge in [-0.05, 0) is 43.3 Å². The third-order valence-electron chi connectivity index (χ3n) is 4.89. The summed E-state index contributed by atoms with van der Waals surface area (Å²) in [5.74, 6) is -0.126. The Balaban J connectivity index is 1.79. The van der Waals surface area contributed by atoms with Gasteiger partial charge in [0, 0.05) is 31.7 Å². The molecule has 6 nitrogen and oxygen atoms in total. The van der Waals surface area contributed by atoms with Gasteiger partial charge in [-0.25, -0.2) is 8.42 Å². The fourth-order valence-corrected chi connectivity index (χ4v) is 4.31. The van der Waals surface area contributed by atoms with Crippen molar-refractivity contribution >= 4 is 21.6 Å². The number of benzene rings is 2. The second-order valence-electron chi connectivity index (χ2n) is 6.67. The SMILES string of the molecule is CCN1CCN(C(=O)c2cccc(S(=O)(=O)Nc3ccccc3C)c2)CC1. The van der Waals surface area contributed by atoms with Crippen LogP contribution in [0.15, 0.2) is 53.4 Å². The van der Waals surface area contributed by atoms with E-state index in [-0.39, 0.29) is 10.8 Å². The van der Waals surface area contributed by atoms with E-state index in [0.717, 1.165) is 25.2 Å². The molecule has 7 heteroatoms. The second kappa shape index (κ2) is 8.10. The van der Waals surface area contributed by atoms with Gasteiger partial charge >= 0.3 is 0 Å². The number of sulfonamides is 1. The Morgan fingerprint density at radius 1 is 1.04 bits per heavy atom. The number of aryl methyl sites for hydroxylation is 1. The molecule has 144 valence electrons. The Labute approximate surface area is 160 Å². The van der Waals surface area contributed by atoms with Crippen LogP contribution in [0.4, 0.5) is 5.69 Å². The summed E-state index contributed by atoms with van der Waals surface area (Å²) in [7, 11) is -3.76. The molecule has 27 heavy (non-hydrogen) atoms. The molecule has 1 saturated heterocycles. The van der Waals surface area contributed by atoms with Gasteiger partial charge < -0.3 is 9.80 Å². The van der Waals surface area contributed by atoms with Crippen molar-refractivity contribution in [3.63, 3.8) is 0 Å². The number of para-hydroxylation sites is 1. The number of carbonyl (C=O) groups is 1. The smallest absolute Gasteiger partial charge is 0.261 e. The van der Waals surface area contributed by atoms with Gasteiger partial charge in [0.15, 0.2) is 0 Å². The number of hydrogen-bond donors (Lipinski definition) is 1. The lowest BCUT2D eigenvalue weighted by Gasteiger charge is -2.34. The summed E-state index contributed by atoms with van der Waals surface area (Å²) in [6.45, 7) is 7.92. The predicted molar refractivity (Wildman–Crippen MR) is 106 cm³/mol. The van der Waals surface area contributed by atoms with Crippen LogP contribution in [-0.2, 0) is 10.0 Å². The number of nitrogens with one attached hydrogen (secondary N) is 1. The van der Waals surface area contributed by atoms with Gasteiger partial charge in [0.25, 0.3) is 15.9 Å². The van der Waals surface area contributed by atoms with Crippen LogP contribution in [0.1, 0.15) is 22.8 Å². The number of rotatable bonds is 5. The summed E-state index contributed by atoms with van der Waals surface area (Å²) in [5, 5.41) is 0. The highest BCUT2D eigenvalue weighted by Gasteiger charge is 2.23. The molecule has 2 aromatic carbocycles. The number of hydrogen-bond acceptors (Lipinski definition) is 4. The van der Waals surface area contributed by atoms with Crippen molar-refractivity contribution in [1.82, 2.24) is 9.80 Å². The molecule has 0 atom stereocenters. The highest BCUT2D eigenvalue weighted by molar-refractivity contribution is 7.92. The third kappa shape index (κ3) is 4.48. The molecule has 0 aliphatic carbocycles. The molecule has 0 bridgehead atoms. The van der Waals surface area contributed by atoms with Gasteiger partial charge in [0.05, 0.1) is 10.6 Å². The molecular formula is C20H25N3O3S. The van der Waals surface area contributed by atoms with Crippen LogP contribution >= 0.6 is 0 Å². The summed E-state index contributed by atoms with van der Waals surface area (Å²) in [6, 6.07) is 13.4. The van der Waals surface area contributed by atoms with Gasteiger partial charge in [0.1, 0.15) is 0 Å². The Hall–Kier alpha value is -2.38. The number of nitrogens with zero attached hydrogens (tertiary/aromatic N) is 2. The first-order valence-electron chi connectivity index (χ1n) is 9.11. The van der Waals surface area contributed by atoms with Crippen LogP contribution in [0, 0.1) is 6.92 Å². The topological polar surface area (TPSA) is 69.7 Å². The molecule has 1 fully saturated rings. The molecule has 0 aromatic heterocycles. The molecule has 1 aliphatic rings. The van der Waals surface area contributed by atoms with E-state index in [9.17, 15) is 13.2 Å². The maximum absolute atomic E-state index is 12.8. The summed E-state index contributed by atoms with van der Waals surface area (Å²) in [6.07, 6.45) is 0. The molecule has 1 heterocycles. The zero-order valence-corrected chi connectivity index (χ0v) is 16.5. The first kappa shape index (κ1) is 19.4. The molecule has 0 radical (unpaired) electrons. The number of carbonyl (C=O) groups excluding carboxylic acids is 1. The summed E-state index contributed by atoms with van der Waals surface area (Å²) >= 11 is 0. The van der Waals surface area contributed by atoms with Crippen molar-refractivity contribution in [2.75, 3.05) is 37.4 Å². The van der Waals surface area contributed by atoms with Gasteiger partial charge in [-0.1, -0.05) is 31.2 Å². The minimum atomic E-state index is -3.76. The average Bonchev–Trinajstić information content (AvgIpc) is 2.69. The Kier molecular flexibility index (Phi) is 5.82. The standard InChI is InChI=1S/C20H25N3O3S/c1-3-22-11-13-23(14-12-22)20(24)17-8-6-9-18(15-17)27(25,26)21-19-10-5-4-7-16(19)2/h4-10,15,21H,3,11-14H2,1-2H3. The summed E-state index contributed by atoms with van der Waals surface area (Å²) < 4.78 is 28.1. The summed E-state index contributed by atoms with van der Waals surface area (Å²) in [5.41, 5.74) is 1.76. The minimum absolute atomic E-state index is 0.0868. The maximum atomic E-state index is 12.8. The van der Waals surface area contributed by atoms with Crippen LogP contribution in [-0.4, -0.2) is 56.8 Å². The molecular weight excluding hydrogens is 362 g/mol. The van der Waals surface area contributed by atoms with E-state index in [1.807, 2.05) is 19.1 Å². The van der Waals surface area contributed by atoms with Crippen molar-refractivity contribution in [1.29, 1.82) is 0 Å². The molecule has 0 saturated carbocycles. The van der Waals surface area contributed by atoms with Crippen LogP contribution in [0.2, 0.25) is 0 Å². The van der Waals surface area contributed by atoms with Crippen LogP contribution in [0.5, 0.6) is 0 Å². The van der Waals surface area contributed by atoms with E-state index in [1.165, 1.54) is 12.1 Å². The largest absolute Gasteiger partial charge is 0.336 e. The molecule has 2 aromatic rings. The number of likely N-dealkylation sites (N-methyl/N-ethyl adjacent to an activating group) is 1. The Bertz CT molecular complexity index is 920. The fraction of sp³-hybridized carbons (Fsp3) is 0.350. The third-order valence-corrected chi connectivity index (χ3v) is 6.25. The fourth-order valence-electron chi connectivity index (χ4n) is 3.14. The Morgan fingerprint density at radius 3 is 2.41 bits per heavy atom. The zero-order chi connectivity index (χ0) is 19.4. The quantitative estimate of drug-likeness (QED) is 0.856. The van der Waals surface area contributed by atoms with Crippen molar-refractivity contribution in [2.24, 2.45) is 0 Å². The molecule has 0 unspecified atom stereocenters. The number of amides is 1. The van der Waals surface area contributed by atoms with Crippen molar-refractivity contribution in [2.45, 2.75) is 18.7 Å². The van der Waals surface area contributed by atoms with E-state index in [4.69, 9.17) is 0 Å².